The summed E-state index contributed by atoms with van der Waals surface area (Å²) in [6, 6.07) is 0. The van der Waals surface area contributed by atoms with Crippen LogP contribution in [0.1, 0.15) is 172 Å². The van der Waals surface area contributed by atoms with E-state index >= 15 is 0 Å². The number of carbonyl (C=O) groups is 2. The molecule has 0 amide bonds. The van der Waals surface area contributed by atoms with Crippen molar-refractivity contribution in [1.82, 2.24) is 0 Å². The first-order valence-electron chi connectivity index (χ1n) is 15.4. The van der Waals surface area contributed by atoms with Crippen molar-refractivity contribution in [1.29, 1.82) is 0 Å². The Kier molecular flexibility index (Phi) is 40.1. The number of hydrogen-bond donors (Lipinski definition) is 0. The zero-order valence-corrected chi connectivity index (χ0v) is 30.9. The molecule has 232 valence electrons. The van der Waals surface area contributed by atoms with Gasteiger partial charge in [-0.1, -0.05) is 160 Å². The van der Waals surface area contributed by atoms with Crippen LogP contribution in [0.25, 0.3) is 0 Å². The maximum atomic E-state index is 10.2. The zero-order valence-electron chi connectivity index (χ0n) is 28.0. The maximum Gasteiger partial charge on any atom is 0.355 e. The molecule has 0 bridgehead atoms. The summed E-state index contributed by atoms with van der Waals surface area (Å²) in [7, 11) is 0. The van der Waals surface area contributed by atoms with Crippen LogP contribution in [-0.2, 0) is 19.8 Å². The Bertz CT molecular complexity index is 448. The average molecular weight is 660 g/mol. The third-order valence-electron chi connectivity index (χ3n) is 5.66. The molecule has 2 atom stereocenters. The molecule has 39 heavy (non-hydrogen) atoms. The van der Waals surface area contributed by atoms with Crippen LogP contribution in [0.2, 0.25) is 0 Å². The number of rotatable bonds is 16. The third-order valence-corrected chi connectivity index (χ3v) is 5.66. The molecule has 0 aromatic heterocycles. The summed E-state index contributed by atoms with van der Waals surface area (Å²) in [6.45, 7) is 28.6. The van der Waals surface area contributed by atoms with Crippen LogP contribution in [0.15, 0.2) is 0 Å². The molecule has 0 aliphatic rings. The Hall–Kier alpha value is -0.261. The summed E-state index contributed by atoms with van der Waals surface area (Å²) in [4.78, 5) is 20.4. The number of hydrogen-bond acceptors (Lipinski definition) is 2. The summed E-state index contributed by atoms with van der Waals surface area (Å²) in [5, 5.41) is 20.4. The van der Waals surface area contributed by atoms with Crippen molar-refractivity contribution in [3.63, 3.8) is 0 Å². The van der Waals surface area contributed by atoms with E-state index in [2.05, 4.69) is 69.2 Å². The van der Waals surface area contributed by atoms with Gasteiger partial charge in [0, 0.05) is 23.9 Å². The number of unbranched alkanes of at least 4 members (excludes halogenated alkanes) is 10. The molecule has 0 heterocycles. The number of carbonyl (C=O) groups excluding carboxylic acids is 2. The van der Waals surface area contributed by atoms with Gasteiger partial charge in [-0.2, -0.15) is 0 Å². The molecule has 0 spiro atoms. The van der Waals surface area contributed by atoms with Gasteiger partial charge < -0.3 is 0 Å². The smallest absolute Gasteiger partial charge is 0.247 e. The summed E-state index contributed by atoms with van der Waals surface area (Å²) >= 11 is 0. The first-order chi connectivity index (χ1) is 17.4. The normalized spacial score (nSPS) is 12.2. The minimum Gasteiger partial charge on any atom is -0.247 e. The third kappa shape index (κ3) is 62.6. The van der Waals surface area contributed by atoms with Gasteiger partial charge in [0.1, 0.15) is 0 Å². The molecule has 0 aromatic carbocycles. The second kappa shape index (κ2) is 32.3. The predicted molar refractivity (Wildman–Crippen MR) is 170 cm³/mol. The van der Waals surface area contributed by atoms with Crippen LogP contribution >= 0.6 is 0 Å². The van der Waals surface area contributed by atoms with E-state index in [0.717, 1.165) is 25.7 Å². The van der Waals surface area contributed by atoms with Crippen molar-refractivity contribution in [2.75, 3.05) is 0 Å². The van der Waals surface area contributed by atoms with Gasteiger partial charge in [0.25, 0.3) is 0 Å². The van der Waals surface area contributed by atoms with Gasteiger partial charge in [0.2, 0.25) is 0 Å². The van der Waals surface area contributed by atoms with Crippen molar-refractivity contribution in [3.05, 3.63) is 13.8 Å². The van der Waals surface area contributed by atoms with E-state index in [1.54, 1.807) is 0 Å². The minimum absolute atomic E-state index is 0. The molecule has 0 aliphatic carbocycles. The molecule has 0 aromatic rings. The van der Waals surface area contributed by atoms with Gasteiger partial charge in [-0.05, 0) is 35.5 Å². The molecule has 0 fully saturated rings. The van der Waals surface area contributed by atoms with Crippen molar-refractivity contribution in [2.24, 2.45) is 22.7 Å². The van der Waals surface area contributed by atoms with Gasteiger partial charge >= 0.3 is 11.9 Å². The van der Waals surface area contributed by atoms with Crippen LogP contribution in [0, 0.1) is 36.5 Å². The second-order valence-corrected chi connectivity index (χ2v) is 13.4. The van der Waals surface area contributed by atoms with Crippen LogP contribution in [-0.4, -0.2) is 35.8 Å². The molecule has 0 saturated heterocycles. The molecule has 0 rings (SSSR count). The second-order valence-electron chi connectivity index (χ2n) is 13.4. The average Bonchev–Trinajstić information content (AvgIpc) is 2.72. The largest absolute Gasteiger partial charge is 0.355 e. The van der Waals surface area contributed by atoms with Crippen molar-refractivity contribution in [2.45, 2.75) is 172 Å². The van der Waals surface area contributed by atoms with Gasteiger partial charge in [-0.3, -0.25) is 0 Å². The molecule has 8 radical (unpaired) electrons. The SMILES string of the molecule is CC(CC([O])=O)CC(C)(C)C.CC(CC([O])=O)CC(C)(C)C.[CH2]CCCCCCC.[CH2]CCCCCCC.[Sn]. The molecule has 0 saturated carbocycles. The predicted octanol–water partition coefficient (Wildman–Crippen LogP) is 10.8. The molecule has 5 heteroatoms. The van der Waals surface area contributed by atoms with Crippen LogP contribution in [0.5, 0.6) is 0 Å². The van der Waals surface area contributed by atoms with Crippen LogP contribution in [0.3, 0.4) is 0 Å². The van der Waals surface area contributed by atoms with E-state index in [0.29, 0.717) is 0 Å². The molecular weight excluding hydrogens is 591 g/mol. The van der Waals surface area contributed by atoms with E-state index in [1.165, 1.54) is 64.2 Å². The minimum atomic E-state index is -0.943. The molecule has 0 aliphatic heterocycles. The zero-order chi connectivity index (χ0) is 30.6. The summed E-state index contributed by atoms with van der Waals surface area (Å²) in [6.07, 6.45) is 18.2. The fraction of sp³-hybridized carbons (Fsp3) is 0.882. The first kappa shape index (κ1) is 48.5. The molecule has 4 nitrogen and oxygen atoms in total. The van der Waals surface area contributed by atoms with Gasteiger partial charge in [-0.15, -0.1) is 0 Å². The van der Waals surface area contributed by atoms with Crippen molar-refractivity contribution in [3.8, 4) is 0 Å². The Labute approximate surface area is 263 Å². The molecule has 2 unspecified atom stereocenters. The Morgan fingerprint density at radius 1 is 0.564 bits per heavy atom. The Balaban J connectivity index is -0.000000132. The van der Waals surface area contributed by atoms with Crippen molar-refractivity contribution >= 4 is 35.8 Å². The maximum absolute atomic E-state index is 10.2. The molecular formula is C34H68O4Sn. The topological polar surface area (TPSA) is 73.9 Å². The Morgan fingerprint density at radius 3 is 1.00 bits per heavy atom. The quantitative estimate of drug-likeness (QED) is 0.122. The van der Waals surface area contributed by atoms with E-state index in [4.69, 9.17) is 0 Å². The van der Waals surface area contributed by atoms with Crippen LogP contribution < -0.4 is 0 Å². The summed E-state index contributed by atoms with van der Waals surface area (Å²) < 4.78 is 0. The van der Waals surface area contributed by atoms with Crippen LogP contribution in [0.4, 0.5) is 0 Å². The monoisotopic (exact) mass is 660 g/mol. The van der Waals surface area contributed by atoms with Crippen molar-refractivity contribution < 1.29 is 19.8 Å². The van der Waals surface area contributed by atoms with E-state index in [-0.39, 0.29) is 59.4 Å². The summed E-state index contributed by atoms with van der Waals surface area (Å²) in [5.74, 6) is -1.44. The summed E-state index contributed by atoms with van der Waals surface area (Å²) in [5.41, 5.74) is 0.434. The van der Waals surface area contributed by atoms with E-state index < -0.39 is 11.9 Å². The Morgan fingerprint density at radius 2 is 0.821 bits per heavy atom. The standard InChI is InChI=1S/2C9H17O2.2C8H17.Sn/c2*1-7(5-8(10)11)6-9(2,3)4;2*1-3-5-7-8-6-4-2;/h2*7H,5-6H2,1-4H3;2*1,3-8H2,2H3;. The van der Waals surface area contributed by atoms with Gasteiger partial charge in [0.15, 0.2) is 0 Å². The fourth-order valence-electron chi connectivity index (χ4n) is 4.36. The van der Waals surface area contributed by atoms with E-state index in [9.17, 15) is 19.8 Å². The van der Waals surface area contributed by atoms with Gasteiger partial charge in [0.05, 0.1) is 12.8 Å². The first-order valence-corrected chi connectivity index (χ1v) is 15.4. The van der Waals surface area contributed by atoms with E-state index in [1.807, 2.05) is 13.8 Å². The molecule has 0 N–H and O–H groups in total. The fourth-order valence-corrected chi connectivity index (χ4v) is 4.36. The van der Waals surface area contributed by atoms with Gasteiger partial charge in [-0.25, -0.2) is 19.8 Å².